The highest BCUT2D eigenvalue weighted by Crippen LogP contribution is 2.43. The van der Waals surface area contributed by atoms with Crippen molar-refractivity contribution >= 4 is 47.0 Å². The largest absolute Gasteiger partial charge is 0.256 e. The predicted octanol–water partition coefficient (Wildman–Crippen LogP) is 8.07. The second-order valence-electron chi connectivity index (χ2n) is 7.39. The molecule has 4 aromatic rings. The third-order valence-electron chi connectivity index (χ3n) is 5.37. The van der Waals surface area contributed by atoms with E-state index in [1.54, 1.807) is 0 Å². The van der Waals surface area contributed by atoms with Gasteiger partial charge in [0.15, 0.2) is 0 Å². The molecule has 4 heteroatoms. The Labute approximate surface area is 191 Å². The number of halogens is 2. The average molecular weight is 441 g/mol. The number of aliphatic imine (C=N–C) groups is 2. The van der Waals surface area contributed by atoms with Crippen molar-refractivity contribution in [2.75, 3.05) is 0 Å². The lowest BCUT2D eigenvalue weighted by atomic mass is 10.0. The molecule has 2 nitrogen and oxygen atoms in total. The van der Waals surface area contributed by atoms with Crippen LogP contribution in [0.1, 0.15) is 22.3 Å². The van der Waals surface area contributed by atoms with Gasteiger partial charge in [0, 0.05) is 39.2 Å². The minimum Gasteiger partial charge on any atom is -0.256 e. The number of hydrogen-bond donors (Lipinski definition) is 0. The summed E-state index contributed by atoms with van der Waals surface area (Å²) in [5.41, 5.74) is 8.59. The van der Waals surface area contributed by atoms with E-state index in [0.717, 1.165) is 28.9 Å². The Morgan fingerprint density at radius 2 is 1.32 bits per heavy atom. The highest BCUT2D eigenvalue weighted by molar-refractivity contribution is 6.33. The van der Waals surface area contributed by atoms with E-state index in [4.69, 9.17) is 28.2 Å². The van der Waals surface area contributed by atoms with Gasteiger partial charge in [-0.15, -0.1) is 0 Å². The topological polar surface area (TPSA) is 24.7 Å². The Balaban J connectivity index is 1.47. The van der Waals surface area contributed by atoms with Crippen LogP contribution in [0.25, 0.3) is 11.1 Å². The highest BCUT2D eigenvalue weighted by atomic mass is 35.5. The lowest BCUT2D eigenvalue weighted by molar-refractivity contribution is 1.26. The minimum atomic E-state index is 0.695. The first-order chi connectivity index (χ1) is 15.2. The van der Waals surface area contributed by atoms with Gasteiger partial charge in [0.25, 0.3) is 0 Å². The fraction of sp³-hybridized carbons (Fsp3) is 0.0370. The summed E-state index contributed by atoms with van der Waals surface area (Å²) in [7, 11) is 0. The summed E-state index contributed by atoms with van der Waals surface area (Å²) in [5, 5.41) is 1.39. The second kappa shape index (κ2) is 8.50. The van der Waals surface area contributed by atoms with Gasteiger partial charge in [-0.25, -0.2) is 0 Å². The fourth-order valence-electron chi connectivity index (χ4n) is 3.85. The zero-order valence-electron chi connectivity index (χ0n) is 16.6. The molecule has 0 bridgehead atoms. The van der Waals surface area contributed by atoms with E-state index < -0.39 is 0 Å². The highest BCUT2D eigenvalue weighted by Gasteiger charge is 2.21. The van der Waals surface area contributed by atoms with E-state index in [1.807, 2.05) is 73.1 Å². The van der Waals surface area contributed by atoms with Crippen molar-refractivity contribution < 1.29 is 0 Å². The van der Waals surface area contributed by atoms with Gasteiger partial charge in [-0.2, -0.15) is 0 Å². The van der Waals surface area contributed by atoms with Crippen molar-refractivity contribution in [3.63, 3.8) is 0 Å². The number of rotatable bonds is 4. The molecule has 0 fully saturated rings. The Kier molecular flexibility index (Phi) is 5.42. The quantitative estimate of drug-likeness (QED) is 0.252. The Bertz CT molecular complexity index is 1340. The summed E-state index contributed by atoms with van der Waals surface area (Å²) >= 11 is 12.5. The van der Waals surface area contributed by atoms with E-state index >= 15 is 0 Å². The van der Waals surface area contributed by atoms with E-state index in [-0.39, 0.29) is 0 Å². The van der Waals surface area contributed by atoms with Gasteiger partial charge in [0.05, 0.1) is 11.4 Å². The molecule has 0 saturated heterocycles. The third-order valence-corrected chi connectivity index (χ3v) is 6.06. The molecule has 0 amide bonds. The SMILES string of the molecule is Clc1ccccc1C=Nc1ccc2c(c1)Cc1cccc(N=Cc3ccccc3Cl)c1-2. The van der Waals surface area contributed by atoms with Crippen LogP contribution in [0.15, 0.2) is 94.9 Å². The predicted molar refractivity (Wildman–Crippen MR) is 132 cm³/mol. The summed E-state index contributed by atoms with van der Waals surface area (Å²) in [6, 6.07) is 28.0. The number of hydrogen-bond acceptors (Lipinski definition) is 2. The molecule has 0 aromatic heterocycles. The van der Waals surface area contributed by atoms with Gasteiger partial charge in [-0.05, 0) is 53.4 Å². The molecule has 4 aromatic carbocycles. The molecule has 31 heavy (non-hydrogen) atoms. The molecule has 0 N–H and O–H groups in total. The molecule has 1 aliphatic carbocycles. The first-order valence-corrected chi connectivity index (χ1v) is 10.8. The third kappa shape index (κ3) is 4.05. The molecule has 0 unspecified atom stereocenters. The Morgan fingerprint density at radius 3 is 2.03 bits per heavy atom. The van der Waals surface area contributed by atoms with Crippen LogP contribution in [0.2, 0.25) is 10.0 Å². The molecule has 0 aliphatic heterocycles. The maximum atomic E-state index is 6.28. The second-order valence-corrected chi connectivity index (χ2v) is 8.20. The van der Waals surface area contributed by atoms with E-state index in [9.17, 15) is 0 Å². The van der Waals surface area contributed by atoms with Crippen molar-refractivity contribution in [1.82, 2.24) is 0 Å². The van der Waals surface area contributed by atoms with Crippen molar-refractivity contribution in [2.45, 2.75) is 6.42 Å². The van der Waals surface area contributed by atoms with Crippen molar-refractivity contribution in [3.05, 3.63) is 117 Å². The lowest BCUT2D eigenvalue weighted by Crippen LogP contribution is -1.84. The summed E-state index contributed by atoms with van der Waals surface area (Å²) in [6.07, 6.45) is 4.51. The van der Waals surface area contributed by atoms with Gasteiger partial charge < -0.3 is 0 Å². The van der Waals surface area contributed by atoms with Gasteiger partial charge in [0.1, 0.15) is 0 Å². The van der Waals surface area contributed by atoms with E-state index in [2.05, 4.69) is 29.3 Å². The fourth-order valence-corrected chi connectivity index (χ4v) is 4.22. The van der Waals surface area contributed by atoms with Gasteiger partial charge in [0.2, 0.25) is 0 Å². The molecular weight excluding hydrogens is 423 g/mol. The first kappa shape index (κ1) is 19.7. The van der Waals surface area contributed by atoms with Gasteiger partial charge in [-0.1, -0.05) is 77.8 Å². The normalized spacial score (nSPS) is 12.5. The molecule has 0 heterocycles. The number of nitrogens with zero attached hydrogens (tertiary/aromatic N) is 2. The molecule has 1 aliphatic rings. The summed E-state index contributed by atoms with van der Waals surface area (Å²) < 4.78 is 0. The summed E-state index contributed by atoms with van der Waals surface area (Å²) in [4.78, 5) is 9.39. The van der Waals surface area contributed by atoms with Crippen LogP contribution in [-0.4, -0.2) is 12.4 Å². The first-order valence-electron chi connectivity index (χ1n) is 10.0. The van der Waals surface area contributed by atoms with Crippen molar-refractivity contribution in [3.8, 4) is 11.1 Å². The molecule has 0 spiro atoms. The monoisotopic (exact) mass is 440 g/mol. The molecular formula is C27H18Cl2N2. The van der Waals surface area contributed by atoms with Crippen LogP contribution < -0.4 is 0 Å². The van der Waals surface area contributed by atoms with E-state index in [1.165, 1.54) is 22.3 Å². The maximum absolute atomic E-state index is 6.28. The lowest BCUT2D eigenvalue weighted by Gasteiger charge is -2.06. The van der Waals surface area contributed by atoms with Crippen LogP contribution >= 0.6 is 23.2 Å². The average Bonchev–Trinajstić information content (AvgIpc) is 3.16. The van der Waals surface area contributed by atoms with Gasteiger partial charge in [-0.3, -0.25) is 9.98 Å². The van der Waals surface area contributed by atoms with Crippen LogP contribution in [0, 0.1) is 0 Å². The molecule has 150 valence electrons. The van der Waals surface area contributed by atoms with Crippen LogP contribution in [0.4, 0.5) is 11.4 Å². The maximum Gasteiger partial charge on any atom is 0.0711 e. The smallest absolute Gasteiger partial charge is 0.0711 e. The molecule has 5 rings (SSSR count). The molecule has 0 radical (unpaired) electrons. The minimum absolute atomic E-state index is 0.695. The van der Waals surface area contributed by atoms with Crippen LogP contribution in [0.3, 0.4) is 0 Å². The van der Waals surface area contributed by atoms with Crippen LogP contribution in [-0.2, 0) is 6.42 Å². The Morgan fingerprint density at radius 1 is 0.645 bits per heavy atom. The standard InChI is InChI=1S/C27H18Cl2N2/c28-24-9-3-1-6-19(24)16-30-22-12-13-23-21(15-22)14-18-8-5-11-26(27(18)23)31-17-20-7-2-4-10-25(20)29/h1-13,15-17H,14H2. The molecule has 0 atom stereocenters. The summed E-state index contributed by atoms with van der Waals surface area (Å²) in [6.45, 7) is 0. The van der Waals surface area contributed by atoms with Gasteiger partial charge >= 0.3 is 0 Å². The van der Waals surface area contributed by atoms with Crippen LogP contribution in [0.5, 0.6) is 0 Å². The van der Waals surface area contributed by atoms with Crippen molar-refractivity contribution in [2.24, 2.45) is 9.98 Å². The van der Waals surface area contributed by atoms with Crippen molar-refractivity contribution in [1.29, 1.82) is 0 Å². The number of fused-ring (bicyclic) bond motifs is 3. The zero-order chi connectivity index (χ0) is 21.2. The molecule has 0 saturated carbocycles. The van der Waals surface area contributed by atoms with E-state index in [0.29, 0.717) is 10.0 Å². The summed E-state index contributed by atoms with van der Waals surface area (Å²) in [5.74, 6) is 0. The Hall–Kier alpha value is -3.20. The zero-order valence-corrected chi connectivity index (χ0v) is 18.1. The number of benzene rings is 4.